The van der Waals surface area contributed by atoms with Gasteiger partial charge in [0.2, 0.25) is 0 Å². The maximum atomic E-state index is 13.0. The average molecular weight is 439 g/mol. The minimum atomic E-state index is 0.0366. The van der Waals surface area contributed by atoms with Crippen molar-refractivity contribution < 1.29 is 14.3 Å². The molecular weight excluding hydrogens is 400 g/mol. The highest BCUT2D eigenvalue weighted by molar-refractivity contribution is 5.75. The number of fused-ring (bicyclic) bond motifs is 3. The van der Waals surface area contributed by atoms with E-state index in [2.05, 4.69) is 48.8 Å². The number of hydrogen-bond donors (Lipinski definition) is 0. The Bertz CT molecular complexity index is 904. The molecule has 1 aromatic rings. The molecule has 0 aromatic heterocycles. The fourth-order valence-corrected chi connectivity index (χ4v) is 7.68. The fraction of sp³-hybridized carbons (Fsp3) is 0.741. The highest BCUT2D eigenvalue weighted by atomic mass is 16.6. The fourth-order valence-electron chi connectivity index (χ4n) is 7.68. The summed E-state index contributed by atoms with van der Waals surface area (Å²) >= 11 is 0. The van der Waals surface area contributed by atoms with Gasteiger partial charge >= 0.3 is 5.97 Å². The van der Waals surface area contributed by atoms with Gasteiger partial charge in [-0.15, -0.1) is 0 Å². The molecule has 2 aliphatic carbocycles. The minimum Gasteiger partial charge on any atom is -0.462 e. The first-order valence-corrected chi connectivity index (χ1v) is 12.8. The number of anilines is 1. The van der Waals surface area contributed by atoms with E-state index in [0.29, 0.717) is 11.8 Å². The molecule has 5 fully saturated rings. The van der Waals surface area contributed by atoms with Crippen molar-refractivity contribution in [1.82, 2.24) is 4.90 Å². The molecule has 1 spiro atoms. The number of carbonyl (C=O) groups excluding carboxylic acids is 1. The molecule has 0 radical (unpaired) electrons. The Hall–Kier alpha value is -1.59. The Labute approximate surface area is 192 Å². The number of benzene rings is 1. The van der Waals surface area contributed by atoms with Crippen LogP contribution in [0.25, 0.3) is 0 Å². The van der Waals surface area contributed by atoms with Crippen LogP contribution in [0.5, 0.6) is 0 Å². The number of rotatable bonds is 3. The van der Waals surface area contributed by atoms with E-state index in [4.69, 9.17) is 9.47 Å². The van der Waals surface area contributed by atoms with Crippen molar-refractivity contribution in [1.29, 1.82) is 0 Å². The summed E-state index contributed by atoms with van der Waals surface area (Å²) in [6, 6.07) is 6.72. The highest BCUT2D eigenvalue weighted by Crippen LogP contribution is 2.62. The molecule has 6 rings (SSSR count). The molecule has 0 amide bonds. The molecule has 5 nitrogen and oxygen atoms in total. The van der Waals surface area contributed by atoms with Crippen LogP contribution in [0.15, 0.2) is 18.2 Å². The lowest BCUT2D eigenvalue weighted by Crippen LogP contribution is -2.52. The molecule has 0 bridgehead atoms. The van der Waals surface area contributed by atoms with Gasteiger partial charge in [0.1, 0.15) is 6.10 Å². The molecule has 2 saturated carbocycles. The normalized spacial score (nSPS) is 41.3. The molecule has 174 valence electrons. The van der Waals surface area contributed by atoms with Crippen molar-refractivity contribution in [2.45, 2.75) is 64.6 Å². The van der Waals surface area contributed by atoms with Gasteiger partial charge in [-0.3, -0.25) is 9.69 Å². The Morgan fingerprint density at radius 1 is 1.12 bits per heavy atom. The third kappa shape index (κ3) is 3.38. The molecule has 5 heteroatoms. The van der Waals surface area contributed by atoms with Crippen LogP contribution < -0.4 is 4.90 Å². The van der Waals surface area contributed by atoms with Crippen molar-refractivity contribution in [3.05, 3.63) is 29.3 Å². The number of ether oxygens (including phenoxy) is 2. The summed E-state index contributed by atoms with van der Waals surface area (Å²) in [7, 11) is 0. The Morgan fingerprint density at radius 2 is 1.91 bits per heavy atom. The van der Waals surface area contributed by atoms with Gasteiger partial charge in [-0.25, -0.2) is 0 Å². The molecule has 0 N–H and O–H groups in total. The maximum Gasteiger partial charge on any atom is 0.310 e. The van der Waals surface area contributed by atoms with E-state index in [0.717, 1.165) is 52.2 Å². The van der Waals surface area contributed by atoms with Crippen molar-refractivity contribution in [2.24, 2.45) is 23.2 Å². The van der Waals surface area contributed by atoms with Crippen LogP contribution >= 0.6 is 0 Å². The molecule has 0 unspecified atom stereocenters. The van der Waals surface area contributed by atoms with Crippen LogP contribution in [0.4, 0.5) is 5.69 Å². The third-order valence-electron chi connectivity index (χ3n) is 9.61. The zero-order valence-corrected chi connectivity index (χ0v) is 19.9. The van der Waals surface area contributed by atoms with Crippen LogP contribution in [0.3, 0.4) is 0 Å². The topological polar surface area (TPSA) is 45.3 Å². The number of carbonyl (C=O) groups is 1. The zero-order valence-electron chi connectivity index (χ0n) is 19.9. The molecule has 32 heavy (non-hydrogen) atoms. The smallest absolute Gasteiger partial charge is 0.310 e. The Kier molecular flexibility index (Phi) is 4.89. The van der Waals surface area contributed by atoms with E-state index in [1.807, 2.05) is 0 Å². The van der Waals surface area contributed by atoms with Gasteiger partial charge in [0.25, 0.3) is 0 Å². The summed E-state index contributed by atoms with van der Waals surface area (Å²) in [4.78, 5) is 18.0. The molecule has 1 aromatic carbocycles. The first-order valence-electron chi connectivity index (χ1n) is 12.8. The summed E-state index contributed by atoms with van der Waals surface area (Å²) in [6.45, 7) is 12.7. The van der Waals surface area contributed by atoms with Gasteiger partial charge < -0.3 is 14.4 Å². The summed E-state index contributed by atoms with van der Waals surface area (Å²) in [6.07, 6.45) is 6.00. The number of hydrogen-bond acceptors (Lipinski definition) is 5. The Balaban J connectivity index is 1.12. The van der Waals surface area contributed by atoms with Gasteiger partial charge in [0.05, 0.1) is 18.1 Å². The van der Waals surface area contributed by atoms with Crippen LogP contribution in [0, 0.1) is 37.0 Å². The quantitative estimate of drug-likeness (QED) is 0.528. The first-order chi connectivity index (χ1) is 15.4. The molecule has 3 aliphatic heterocycles. The highest BCUT2D eigenvalue weighted by Gasteiger charge is 2.65. The lowest BCUT2D eigenvalue weighted by atomic mass is 9.53. The Morgan fingerprint density at radius 3 is 2.66 bits per heavy atom. The largest absolute Gasteiger partial charge is 0.462 e. The number of esters is 1. The predicted molar refractivity (Wildman–Crippen MR) is 125 cm³/mol. The first kappa shape index (κ1) is 21.0. The number of piperazine rings is 1. The van der Waals surface area contributed by atoms with Gasteiger partial charge in [-0.1, -0.05) is 19.1 Å². The van der Waals surface area contributed by atoms with Gasteiger partial charge in [0.15, 0.2) is 0 Å². The SMILES string of the molecule is Cc1ccc(C)c(N2CCN(C[C@H]3C(=O)O[C@@H]4C[C@@]5(C)CCC[C@@]6(CO6)[C@@H]5C[C@@H]43)CC2)c1. The zero-order chi connectivity index (χ0) is 22.1. The second kappa shape index (κ2) is 7.46. The van der Waals surface area contributed by atoms with E-state index in [1.165, 1.54) is 36.1 Å². The number of nitrogens with zero attached hydrogens (tertiary/aromatic N) is 2. The lowest BCUT2D eigenvalue weighted by Gasteiger charge is -2.51. The summed E-state index contributed by atoms with van der Waals surface area (Å²) in [5.41, 5.74) is 4.44. The summed E-state index contributed by atoms with van der Waals surface area (Å²) in [5.74, 6) is 1.07. The monoisotopic (exact) mass is 438 g/mol. The van der Waals surface area contributed by atoms with Gasteiger partial charge in [-0.05, 0) is 74.5 Å². The van der Waals surface area contributed by atoms with Crippen LogP contribution in [0.2, 0.25) is 0 Å². The van der Waals surface area contributed by atoms with Crippen molar-refractivity contribution in [3.63, 3.8) is 0 Å². The summed E-state index contributed by atoms with van der Waals surface area (Å²) in [5, 5.41) is 0. The second-order valence-corrected chi connectivity index (χ2v) is 11.7. The second-order valence-electron chi connectivity index (χ2n) is 11.7. The third-order valence-corrected chi connectivity index (χ3v) is 9.61. The van der Waals surface area contributed by atoms with Gasteiger partial charge in [0, 0.05) is 44.3 Å². The van der Waals surface area contributed by atoms with E-state index in [1.54, 1.807) is 0 Å². The average Bonchev–Trinajstić information content (AvgIpc) is 3.47. The molecule has 6 atom stereocenters. The number of aryl methyl sites for hydroxylation is 2. The van der Waals surface area contributed by atoms with E-state index < -0.39 is 0 Å². The van der Waals surface area contributed by atoms with Crippen molar-refractivity contribution in [3.8, 4) is 0 Å². The van der Waals surface area contributed by atoms with Crippen LogP contribution in [-0.4, -0.2) is 61.9 Å². The number of epoxide rings is 1. The van der Waals surface area contributed by atoms with E-state index in [9.17, 15) is 4.79 Å². The van der Waals surface area contributed by atoms with Gasteiger partial charge in [-0.2, -0.15) is 0 Å². The van der Waals surface area contributed by atoms with Crippen LogP contribution in [-0.2, 0) is 14.3 Å². The molecule has 3 heterocycles. The summed E-state index contributed by atoms with van der Waals surface area (Å²) < 4.78 is 12.1. The molecular formula is C27H38N2O3. The van der Waals surface area contributed by atoms with Crippen molar-refractivity contribution >= 4 is 11.7 Å². The van der Waals surface area contributed by atoms with E-state index in [-0.39, 0.29) is 29.0 Å². The standard InChI is InChI=1S/C27H38N2O3/c1-18-5-6-19(2)22(13-18)29-11-9-28(10-12-29)16-21-20-14-24-26(3,15-23(20)32-25(21)30)7-4-8-27(24)17-31-27/h5-6,13,20-21,23-24H,4,7-12,14-17H2,1-3H3/t20-,21-,23-,24-,26-,27-/m1/s1. The molecule has 5 aliphatic rings. The predicted octanol–water partition coefficient (Wildman–Crippen LogP) is 3.95. The van der Waals surface area contributed by atoms with Crippen LogP contribution in [0.1, 0.15) is 50.2 Å². The minimum absolute atomic E-state index is 0.0366. The lowest BCUT2D eigenvalue weighted by molar-refractivity contribution is -0.147. The maximum absolute atomic E-state index is 13.0. The van der Waals surface area contributed by atoms with Crippen molar-refractivity contribution in [2.75, 3.05) is 44.2 Å². The molecule has 3 saturated heterocycles. The van der Waals surface area contributed by atoms with E-state index >= 15 is 0 Å².